The average Bonchev–Trinajstić information content (AvgIpc) is 2.63. The van der Waals surface area contributed by atoms with Gasteiger partial charge in [0.2, 0.25) is 0 Å². The van der Waals surface area contributed by atoms with Gasteiger partial charge in [-0.3, -0.25) is 0 Å². The summed E-state index contributed by atoms with van der Waals surface area (Å²) in [7, 11) is 0. The standard InChI is InChI=1S/4C8H18O.Ti/c4*1-6(2)7(3)8(4,5)9;/h4*6-7,9H,1-5H3;. The third-order valence-corrected chi connectivity index (χ3v) is 8.46. The summed E-state index contributed by atoms with van der Waals surface area (Å²) in [5.41, 5.74) is -2.08. The van der Waals surface area contributed by atoms with Crippen molar-refractivity contribution in [3.63, 3.8) is 0 Å². The normalized spacial score (nSPS) is 15.9. The van der Waals surface area contributed by atoms with Crippen molar-refractivity contribution in [1.82, 2.24) is 0 Å². The molecule has 37 heavy (non-hydrogen) atoms. The van der Waals surface area contributed by atoms with Crippen LogP contribution in [0.1, 0.15) is 138 Å². The molecular formula is C32H72O4Ti. The molecule has 0 aromatic rings. The molecule has 0 aromatic carbocycles. The van der Waals surface area contributed by atoms with Gasteiger partial charge in [0, 0.05) is 21.7 Å². The van der Waals surface area contributed by atoms with Crippen molar-refractivity contribution in [1.29, 1.82) is 0 Å². The quantitative estimate of drug-likeness (QED) is 0.223. The number of rotatable bonds is 8. The summed E-state index contributed by atoms with van der Waals surface area (Å²) >= 11 is 0. The molecule has 0 heterocycles. The molecule has 0 amide bonds. The molecule has 5 heteroatoms. The molecule has 0 aromatic heterocycles. The Kier molecular flexibility index (Phi) is 25.1. The van der Waals surface area contributed by atoms with Crippen molar-refractivity contribution in [3.05, 3.63) is 0 Å². The molecule has 4 nitrogen and oxygen atoms in total. The first-order valence-corrected chi connectivity index (χ1v) is 14.3. The van der Waals surface area contributed by atoms with Crippen molar-refractivity contribution in [2.45, 2.75) is 161 Å². The molecule has 4 unspecified atom stereocenters. The van der Waals surface area contributed by atoms with Gasteiger partial charge >= 0.3 is 0 Å². The van der Waals surface area contributed by atoms with E-state index in [0.29, 0.717) is 47.3 Å². The summed E-state index contributed by atoms with van der Waals surface area (Å²) < 4.78 is 0. The SMILES string of the molecule is CC(C)C(C)C(C)(C)O.CC(C)C(C)C(C)(C)O.CC(C)C(C)C(C)(C)O.CC(C)C(C)C(C)(C)O.[Ti]. The van der Waals surface area contributed by atoms with Crippen LogP contribution in [0.2, 0.25) is 0 Å². The second-order valence-electron chi connectivity index (χ2n) is 14.7. The van der Waals surface area contributed by atoms with Gasteiger partial charge in [-0.2, -0.15) is 0 Å². The Morgan fingerprint density at radius 3 is 0.378 bits per heavy atom. The minimum absolute atomic E-state index is 0. The summed E-state index contributed by atoms with van der Waals surface area (Å²) in [6, 6.07) is 0. The predicted molar refractivity (Wildman–Crippen MR) is 161 cm³/mol. The fraction of sp³-hybridized carbons (Fsp3) is 1.00. The zero-order chi connectivity index (χ0) is 30.6. The third-order valence-electron chi connectivity index (χ3n) is 8.46. The van der Waals surface area contributed by atoms with Gasteiger partial charge in [-0.1, -0.05) is 83.1 Å². The summed E-state index contributed by atoms with van der Waals surface area (Å²) in [6.45, 7) is 40.2. The summed E-state index contributed by atoms with van der Waals surface area (Å²) in [6.07, 6.45) is 0. The van der Waals surface area contributed by atoms with E-state index < -0.39 is 22.4 Å². The van der Waals surface area contributed by atoms with E-state index in [2.05, 4.69) is 83.1 Å². The Balaban J connectivity index is -0.000000122. The molecule has 4 atom stereocenters. The zero-order valence-corrected chi connectivity index (χ0v) is 30.5. The van der Waals surface area contributed by atoms with Crippen LogP contribution >= 0.6 is 0 Å². The van der Waals surface area contributed by atoms with Crippen molar-refractivity contribution < 1.29 is 42.1 Å². The second-order valence-corrected chi connectivity index (χ2v) is 14.7. The van der Waals surface area contributed by atoms with Gasteiger partial charge in [-0.05, 0) is 103 Å². The summed E-state index contributed by atoms with van der Waals surface area (Å²) in [5, 5.41) is 37.8. The number of hydrogen-bond acceptors (Lipinski definition) is 4. The molecule has 0 aliphatic carbocycles. The largest absolute Gasteiger partial charge is 0.390 e. The van der Waals surface area contributed by atoms with Crippen LogP contribution in [0.3, 0.4) is 0 Å². The Labute approximate surface area is 249 Å². The van der Waals surface area contributed by atoms with Crippen LogP contribution in [0.4, 0.5) is 0 Å². The minimum atomic E-state index is -0.520. The second kappa shape index (κ2) is 19.6. The van der Waals surface area contributed by atoms with E-state index >= 15 is 0 Å². The van der Waals surface area contributed by atoms with Gasteiger partial charge < -0.3 is 20.4 Å². The van der Waals surface area contributed by atoms with E-state index in [1.54, 1.807) is 0 Å². The number of aliphatic hydroxyl groups is 4. The van der Waals surface area contributed by atoms with Gasteiger partial charge in [-0.25, -0.2) is 0 Å². The molecule has 0 aliphatic rings. The molecule has 0 bridgehead atoms. The molecule has 4 N–H and O–H groups in total. The van der Waals surface area contributed by atoms with Crippen molar-refractivity contribution in [2.24, 2.45) is 47.3 Å². The molecule has 228 valence electrons. The van der Waals surface area contributed by atoms with E-state index in [0.717, 1.165) is 0 Å². The zero-order valence-electron chi connectivity index (χ0n) is 28.9. The number of hydrogen-bond donors (Lipinski definition) is 4. The average molecular weight is 569 g/mol. The Morgan fingerprint density at radius 2 is 0.378 bits per heavy atom. The smallest absolute Gasteiger partial charge is 0.0619 e. The maximum atomic E-state index is 9.46. The summed E-state index contributed by atoms with van der Waals surface area (Å²) in [5.74, 6) is 3.73. The van der Waals surface area contributed by atoms with E-state index in [-0.39, 0.29) is 21.7 Å². The van der Waals surface area contributed by atoms with E-state index in [9.17, 15) is 20.4 Å². The molecule has 0 rings (SSSR count). The van der Waals surface area contributed by atoms with E-state index in [1.165, 1.54) is 0 Å². The van der Waals surface area contributed by atoms with Crippen LogP contribution < -0.4 is 0 Å². The van der Waals surface area contributed by atoms with E-state index in [1.807, 2.05) is 55.4 Å². The molecule has 0 radical (unpaired) electrons. The maximum absolute atomic E-state index is 9.46. The Bertz CT molecular complexity index is 419. The molecule has 0 saturated heterocycles. The first-order chi connectivity index (χ1) is 15.4. The first-order valence-electron chi connectivity index (χ1n) is 14.3. The van der Waals surface area contributed by atoms with Crippen LogP contribution in [-0.2, 0) is 21.7 Å². The Hall–Kier alpha value is 0.554. The van der Waals surface area contributed by atoms with Crippen molar-refractivity contribution >= 4 is 0 Å². The fourth-order valence-electron chi connectivity index (χ4n) is 3.26. The van der Waals surface area contributed by atoms with Gasteiger partial charge in [0.25, 0.3) is 0 Å². The van der Waals surface area contributed by atoms with E-state index in [4.69, 9.17) is 0 Å². The predicted octanol–water partition coefficient (Wildman–Crippen LogP) is 8.20. The topological polar surface area (TPSA) is 80.9 Å². The maximum Gasteiger partial charge on any atom is 0.0619 e. The van der Waals surface area contributed by atoms with Gasteiger partial charge in [0.15, 0.2) is 0 Å². The summed E-state index contributed by atoms with van der Waals surface area (Å²) in [4.78, 5) is 0. The van der Waals surface area contributed by atoms with Crippen molar-refractivity contribution in [3.8, 4) is 0 Å². The van der Waals surface area contributed by atoms with Crippen LogP contribution in [-0.4, -0.2) is 42.8 Å². The van der Waals surface area contributed by atoms with Gasteiger partial charge in [-0.15, -0.1) is 0 Å². The van der Waals surface area contributed by atoms with Gasteiger partial charge in [0.1, 0.15) is 0 Å². The first kappa shape index (κ1) is 47.3. The minimum Gasteiger partial charge on any atom is -0.390 e. The monoisotopic (exact) mass is 568 g/mol. The molecule has 0 saturated carbocycles. The molecular weight excluding hydrogens is 496 g/mol. The third kappa shape index (κ3) is 26.5. The van der Waals surface area contributed by atoms with Crippen LogP contribution in [0.5, 0.6) is 0 Å². The molecule has 0 aliphatic heterocycles. The molecule has 0 fully saturated rings. The Morgan fingerprint density at radius 1 is 0.297 bits per heavy atom. The van der Waals surface area contributed by atoms with Crippen LogP contribution in [0, 0.1) is 47.3 Å². The fourth-order valence-corrected chi connectivity index (χ4v) is 3.26. The van der Waals surface area contributed by atoms with Crippen LogP contribution in [0.15, 0.2) is 0 Å². The molecule has 0 spiro atoms. The van der Waals surface area contributed by atoms with Crippen molar-refractivity contribution in [2.75, 3.05) is 0 Å². The van der Waals surface area contributed by atoms with Crippen LogP contribution in [0.25, 0.3) is 0 Å². The van der Waals surface area contributed by atoms with Gasteiger partial charge in [0.05, 0.1) is 22.4 Å².